The molecule has 1 aliphatic heterocycles. The standard InChI is InChI=1S/C14H18N2O2/c1-10-4-3-5-11(2)13(10)14(17)16-8-6-12(15-18)7-9-16/h3-5,18H,6-9H2,1-2H3. The van der Waals surface area contributed by atoms with Gasteiger partial charge in [0, 0.05) is 31.5 Å². The zero-order valence-electron chi connectivity index (χ0n) is 10.8. The van der Waals surface area contributed by atoms with E-state index < -0.39 is 0 Å². The van der Waals surface area contributed by atoms with Crippen LogP contribution in [-0.2, 0) is 0 Å². The third-order valence-electron chi connectivity index (χ3n) is 3.46. The highest BCUT2D eigenvalue weighted by molar-refractivity contribution is 5.98. The van der Waals surface area contributed by atoms with Crippen molar-refractivity contribution >= 4 is 11.6 Å². The summed E-state index contributed by atoms with van der Waals surface area (Å²) in [5, 5.41) is 11.9. The Labute approximate surface area is 107 Å². The van der Waals surface area contributed by atoms with E-state index >= 15 is 0 Å². The van der Waals surface area contributed by atoms with E-state index in [0.717, 1.165) is 22.4 Å². The monoisotopic (exact) mass is 246 g/mol. The number of rotatable bonds is 1. The van der Waals surface area contributed by atoms with Gasteiger partial charge in [-0.1, -0.05) is 23.4 Å². The average Bonchev–Trinajstić information content (AvgIpc) is 2.38. The zero-order chi connectivity index (χ0) is 13.1. The first-order valence-electron chi connectivity index (χ1n) is 6.18. The first kappa shape index (κ1) is 12.6. The molecule has 1 N–H and O–H groups in total. The number of likely N-dealkylation sites (tertiary alicyclic amines) is 1. The lowest BCUT2D eigenvalue weighted by Crippen LogP contribution is -2.39. The molecule has 0 unspecified atom stereocenters. The van der Waals surface area contributed by atoms with Crippen molar-refractivity contribution in [2.24, 2.45) is 5.16 Å². The first-order chi connectivity index (χ1) is 8.63. The Bertz CT molecular complexity index is 464. The molecule has 0 aromatic heterocycles. The number of carbonyl (C=O) groups excluding carboxylic acids is 1. The molecule has 0 saturated carbocycles. The van der Waals surface area contributed by atoms with Crippen molar-refractivity contribution in [1.82, 2.24) is 4.90 Å². The molecule has 1 saturated heterocycles. The van der Waals surface area contributed by atoms with Crippen LogP contribution >= 0.6 is 0 Å². The van der Waals surface area contributed by atoms with Crippen molar-refractivity contribution in [2.45, 2.75) is 26.7 Å². The zero-order valence-corrected chi connectivity index (χ0v) is 10.8. The van der Waals surface area contributed by atoms with Gasteiger partial charge in [-0.25, -0.2) is 0 Å². The molecule has 0 atom stereocenters. The molecule has 1 aromatic carbocycles. The van der Waals surface area contributed by atoms with Crippen LogP contribution in [0.3, 0.4) is 0 Å². The molecule has 2 rings (SSSR count). The van der Waals surface area contributed by atoms with Crippen molar-refractivity contribution in [3.63, 3.8) is 0 Å². The van der Waals surface area contributed by atoms with Gasteiger partial charge < -0.3 is 10.1 Å². The smallest absolute Gasteiger partial charge is 0.254 e. The second kappa shape index (κ2) is 5.21. The molecular formula is C14H18N2O2. The van der Waals surface area contributed by atoms with Crippen LogP contribution in [0.15, 0.2) is 23.4 Å². The molecular weight excluding hydrogens is 228 g/mol. The largest absolute Gasteiger partial charge is 0.411 e. The van der Waals surface area contributed by atoms with Gasteiger partial charge in [0.15, 0.2) is 0 Å². The maximum absolute atomic E-state index is 12.5. The molecule has 0 bridgehead atoms. The number of amides is 1. The molecule has 4 nitrogen and oxygen atoms in total. The predicted molar refractivity (Wildman–Crippen MR) is 70.3 cm³/mol. The lowest BCUT2D eigenvalue weighted by atomic mass is 10.00. The second-order valence-electron chi connectivity index (χ2n) is 4.73. The van der Waals surface area contributed by atoms with Crippen molar-refractivity contribution in [1.29, 1.82) is 0 Å². The van der Waals surface area contributed by atoms with Crippen molar-refractivity contribution in [2.75, 3.05) is 13.1 Å². The number of hydrogen-bond donors (Lipinski definition) is 1. The molecule has 0 aliphatic carbocycles. The summed E-state index contributed by atoms with van der Waals surface area (Å²) in [4.78, 5) is 14.3. The van der Waals surface area contributed by atoms with E-state index in [0.29, 0.717) is 25.9 Å². The fraction of sp³-hybridized carbons (Fsp3) is 0.429. The van der Waals surface area contributed by atoms with Gasteiger partial charge in [0.05, 0.1) is 5.71 Å². The van der Waals surface area contributed by atoms with Crippen molar-refractivity contribution in [3.05, 3.63) is 34.9 Å². The van der Waals surface area contributed by atoms with E-state index in [9.17, 15) is 4.79 Å². The maximum atomic E-state index is 12.5. The molecule has 18 heavy (non-hydrogen) atoms. The summed E-state index contributed by atoms with van der Waals surface area (Å²) in [6, 6.07) is 5.89. The molecule has 0 radical (unpaired) electrons. The van der Waals surface area contributed by atoms with E-state index in [4.69, 9.17) is 5.21 Å². The van der Waals surface area contributed by atoms with E-state index in [2.05, 4.69) is 5.16 Å². The lowest BCUT2D eigenvalue weighted by Gasteiger charge is -2.28. The van der Waals surface area contributed by atoms with Gasteiger partial charge in [-0.3, -0.25) is 4.79 Å². The van der Waals surface area contributed by atoms with E-state index in [1.807, 2.05) is 36.9 Å². The van der Waals surface area contributed by atoms with Crippen LogP contribution in [0.1, 0.15) is 34.3 Å². The minimum absolute atomic E-state index is 0.0857. The highest BCUT2D eigenvalue weighted by atomic mass is 16.4. The Hall–Kier alpha value is -1.84. The molecule has 1 aromatic rings. The Morgan fingerprint density at radius 1 is 1.22 bits per heavy atom. The maximum Gasteiger partial charge on any atom is 0.254 e. The van der Waals surface area contributed by atoms with E-state index in [1.54, 1.807) is 0 Å². The third-order valence-corrected chi connectivity index (χ3v) is 3.46. The van der Waals surface area contributed by atoms with Crippen LogP contribution < -0.4 is 0 Å². The number of nitrogens with zero attached hydrogens (tertiary/aromatic N) is 2. The van der Waals surface area contributed by atoms with Crippen molar-refractivity contribution in [3.8, 4) is 0 Å². The summed E-state index contributed by atoms with van der Waals surface area (Å²) in [6.07, 6.45) is 1.32. The highest BCUT2D eigenvalue weighted by Gasteiger charge is 2.23. The van der Waals surface area contributed by atoms with Gasteiger partial charge >= 0.3 is 0 Å². The predicted octanol–water partition coefficient (Wildman–Crippen LogP) is 2.37. The minimum Gasteiger partial charge on any atom is -0.411 e. The van der Waals surface area contributed by atoms with Gasteiger partial charge in [0.2, 0.25) is 0 Å². The average molecular weight is 246 g/mol. The van der Waals surface area contributed by atoms with E-state index in [-0.39, 0.29) is 5.91 Å². The summed E-state index contributed by atoms with van der Waals surface area (Å²) in [7, 11) is 0. The number of benzene rings is 1. The van der Waals surface area contributed by atoms with Crippen LogP contribution in [0.5, 0.6) is 0 Å². The molecule has 1 amide bonds. The second-order valence-corrected chi connectivity index (χ2v) is 4.73. The Kier molecular flexibility index (Phi) is 3.65. The van der Waals surface area contributed by atoms with Gasteiger partial charge in [0.25, 0.3) is 5.91 Å². The fourth-order valence-corrected chi connectivity index (χ4v) is 2.38. The summed E-state index contributed by atoms with van der Waals surface area (Å²) >= 11 is 0. The topological polar surface area (TPSA) is 52.9 Å². The number of carbonyl (C=O) groups is 1. The number of hydrogen-bond acceptors (Lipinski definition) is 3. The summed E-state index contributed by atoms with van der Waals surface area (Å²) in [5.41, 5.74) is 3.62. The first-order valence-corrected chi connectivity index (χ1v) is 6.18. The normalized spacial score (nSPS) is 15.7. The number of oxime groups is 1. The van der Waals surface area contributed by atoms with Gasteiger partial charge in [-0.2, -0.15) is 0 Å². The Balaban J connectivity index is 2.18. The summed E-state index contributed by atoms with van der Waals surface area (Å²) in [6.45, 7) is 5.19. The number of aryl methyl sites for hydroxylation is 2. The fourth-order valence-electron chi connectivity index (χ4n) is 2.38. The van der Waals surface area contributed by atoms with Crippen molar-refractivity contribution < 1.29 is 10.0 Å². The molecule has 4 heteroatoms. The molecule has 1 heterocycles. The molecule has 0 spiro atoms. The van der Waals surface area contributed by atoms with Gasteiger partial charge in [-0.15, -0.1) is 0 Å². The molecule has 1 fully saturated rings. The Morgan fingerprint density at radius 2 is 1.78 bits per heavy atom. The van der Waals surface area contributed by atoms with E-state index in [1.165, 1.54) is 0 Å². The van der Waals surface area contributed by atoms with Gasteiger partial charge in [-0.05, 0) is 25.0 Å². The molecule has 1 aliphatic rings. The highest BCUT2D eigenvalue weighted by Crippen LogP contribution is 2.18. The SMILES string of the molecule is Cc1cccc(C)c1C(=O)N1CCC(=NO)CC1. The quantitative estimate of drug-likeness (QED) is 0.611. The van der Waals surface area contributed by atoms with Crippen LogP contribution in [-0.4, -0.2) is 34.8 Å². The minimum atomic E-state index is 0.0857. The van der Waals surface area contributed by atoms with Crippen LogP contribution in [0.2, 0.25) is 0 Å². The lowest BCUT2D eigenvalue weighted by molar-refractivity contribution is 0.0752. The Morgan fingerprint density at radius 3 is 2.28 bits per heavy atom. The van der Waals surface area contributed by atoms with Crippen LogP contribution in [0, 0.1) is 13.8 Å². The van der Waals surface area contributed by atoms with Crippen LogP contribution in [0.25, 0.3) is 0 Å². The number of piperidine rings is 1. The third kappa shape index (κ3) is 2.37. The van der Waals surface area contributed by atoms with Crippen LogP contribution in [0.4, 0.5) is 0 Å². The summed E-state index contributed by atoms with van der Waals surface area (Å²) in [5.74, 6) is 0.0857. The van der Waals surface area contributed by atoms with Gasteiger partial charge in [0.1, 0.15) is 0 Å². The summed E-state index contributed by atoms with van der Waals surface area (Å²) < 4.78 is 0. The molecule has 96 valence electrons.